The summed E-state index contributed by atoms with van der Waals surface area (Å²) in [7, 11) is -4.46. The van der Waals surface area contributed by atoms with E-state index in [-0.39, 0.29) is 16.7 Å². The number of rotatable bonds is 6. The Morgan fingerprint density at radius 2 is 1.86 bits per heavy atom. The third-order valence-electron chi connectivity index (χ3n) is 4.85. The van der Waals surface area contributed by atoms with Crippen LogP contribution in [-0.2, 0) is 10.0 Å². The molecule has 0 fully saturated rings. The fourth-order valence-corrected chi connectivity index (χ4v) is 5.15. The fourth-order valence-electron chi connectivity index (χ4n) is 3.25. The molecule has 14 heteroatoms. The average Bonchev–Trinajstić information content (AvgIpc) is 3.47. The lowest BCUT2D eigenvalue weighted by atomic mass is 10.0. The van der Waals surface area contributed by atoms with Crippen molar-refractivity contribution in [2.75, 3.05) is 10.5 Å². The highest BCUT2D eigenvalue weighted by Gasteiger charge is 2.26. The molecule has 0 amide bonds. The second-order valence-electron chi connectivity index (χ2n) is 7.06. The quantitative estimate of drug-likeness (QED) is 0.293. The highest BCUT2D eigenvalue weighted by molar-refractivity contribution is 7.93. The third kappa shape index (κ3) is 4.36. The van der Waals surface area contributed by atoms with Crippen molar-refractivity contribution in [3.05, 3.63) is 71.5 Å². The lowest BCUT2D eigenvalue weighted by Crippen LogP contribution is -2.15. The number of nitrogen functional groups attached to an aromatic ring is 1. The summed E-state index contributed by atoms with van der Waals surface area (Å²) in [4.78, 5) is 2.75. The largest absolute Gasteiger partial charge is 0.454 e. The Morgan fingerprint density at radius 1 is 1.06 bits per heavy atom. The smallest absolute Gasteiger partial charge is 0.266 e. The van der Waals surface area contributed by atoms with Gasteiger partial charge in [0.05, 0.1) is 5.39 Å². The normalized spacial score (nSPS) is 11.6. The van der Waals surface area contributed by atoms with Crippen LogP contribution < -0.4 is 15.2 Å². The van der Waals surface area contributed by atoms with Gasteiger partial charge in [0.1, 0.15) is 17.0 Å². The SMILES string of the molecule is Nc1noc2ccc(-c3cc(Cl)ccc3Oc3ccc(S(=O)(=O)Nc4ncns4)c(F)c3F)cc12. The zero-order valence-corrected chi connectivity index (χ0v) is 19.6. The predicted octanol–water partition coefficient (Wildman–Crippen LogP) is 5.45. The molecule has 5 rings (SSSR count). The summed E-state index contributed by atoms with van der Waals surface area (Å²) in [5.41, 5.74) is 7.32. The third-order valence-corrected chi connectivity index (χ3v) is 7.16. The van der Waals surface area contributed by atoms with Gasteiger partial charge in [-0.25, -0.2) is 17.8 Å². The Labute approximate surface area is 205 Å². The molecular formula is C21H12ClF2N5O4S2. The molecular weight excluding hydrogens is 524 g/mol. The number of hydrogen-bond donors (Lipinski definition) is 2. The first-order chi connectivity index (χ1) is 16.7. The van der Waals surface area contributed by atoms with E-state index in [0.29, 0.717) is 27.1 Å². The molecule has 3 N–H and O–H groups in total. The van der Waals surface area contributed by atoms with Crippen molar-refractivity contribution < 1.29 is 26.5 Å². The van der Waals surface area contributed by atoms with E-state index in [1.165, 1.54) is 12.1 Å². The molecule has 2 heterocycles. The van der Waals surface area contributed by atoms with Crippen molar-refractivity contribution in [1.82, 2.24) is 14.5 Å². The number of fused-ring (bicyclic) bond motifs is 1. The second-order valence-corrected chi connectivity index (χ2v) is 9.93. The van der Waals surface area contributed by atoms with Crippen LogP contribution in [0.3, 0.4) is 0 Å². The standard InChI is InChI=1S/C21H12ClF2N5O4S2/c22-11-2-4-14(12(8-11)10-1-3-15-13(7-10)20(25)28-33-15)32-16-5-6-17(19(24)18(16)23)35(30,31)29-21-26-9-27-34-21/h1-9H,(H2,25,28)(H,26,27,29). The molecule has 0 aliphatic carbocycles. The number of anilines is 2. The van der Waals surface area contributed by atoms with Gasteiger partial charge in [0, 0.05) is 22.1 Å². The molecule has 0 bridgehead atoms. The Balaban J connectivity index is 1.52. The Hall–Kier alpha value is -3.81. The molecule has 5 aromatic rings. The first-order valence-electron chi connectivity index (χ1n) is 9.63. The van der Waals surface area contributed by atoms with Crippen molar-refractivity contribution in [3.8, 4) is 22.6 Å². The van der Waals surface area contributed by atoms with Gasteiger partial charge < -0.3 is 15.0 Å². The lowest BCUT2D eigenvalue weighted by Gasteiger charge is -2.14. The minimum Gasteiger partial charge on any atom is -0.454 e. The van der Waals surface area contributed by atoms with E-state index in [4.69, 9.17) is 26.6 Å². The number of benzene rings is 3. The zero-order valence-electron chi connectivity index (χ0n) is 17.2. The molecule has 35 heavy (non-hydrogen) atoms. The van der Waals surface area contributed by atoms with E-state index in [1.54, 1.807) is 24.3 Å². The van der Waals surface area contributed by atoms with E-state index in [1.807, 2.05) is 4.72 Å². The average molecular weight is 536 g/mol. The first kappa shape index (κ1) is 23.0. The van der Waals surface area contributed by atoms with Crippen LogP contribution in [0.1, 0.15) is 0 Å². The summed E-state index contributed by atoms with van der Waals surface area (Å²) in [5, 5.41) is 4.52. The second kappa shape index (κ2) is 8.76. The summed E-state index contributed by atoms with van der Waals surface area (Å²) >= 11 is 6.90. The number of nitrogens with two attached hydrogens (primary N) is 1. The van der Waals surface area contributed by atoms with Crippen LogP contribution >= 0.6 is 23.1 Å². The fraction of sp³-hybridized carbons (Fsp3) is 0. The van der Waals surface area contributed by atoms with Gasteiger partial charge in [0.15, 0.2) is 23.0 Å². The summed E-state index contributed by atoms with van der Waals surface area (Å²) in [6, 6.07) is 11.5. The van der Waals surface area contributed by atoms with E-state index >= 15 is 0 Å². The van der Waals surface area contributed by atoms with Gasteiger partial charge in [-0.2, -0.15) is 8.76 Å². The Bertz CT molecular complexity index is 1680. The maximum absolute atomic E-state index is 14.9. The number of halogens is 3. The number of sulfonamides is 1. The highest BCUT2D eigenvalue weighted by atomic mass is 35.5. The number of nitrogens with zero attached hydrogens (tertiary/aromatic N) is 3. The van der Waals surface area contributed by atoms with Crippen LogP contribution in [0.4, 0.5) is 19.7 Å². The van der Waals surface area contributed by atoms with Crippen molar-refractivity contribution in [3.63, 3.8) is 0 Å². The minimum atomic E-state index is -4.46. The molecule has 0 spiro atoms. The van der Waals surface area contributed by atoms with E-state index in [0.717, 1.165) is 30.0 Å². The Morgan fingerprint density at radius 3 is 2.63 bits per heavy atom. The number of aromatic nitrogens is 3. The molecule has 2 aromatic heterocycles. The van der Waals surface area contributed by atoms with Crippen LogP contribution in [0.15, 0.2) is 64.3 Å². The number of nitrogens with one attached hydrogen (secondary N) is 1. The molecule has 0 unspecified atom stereocenters. The molecule has 0 radical (unpaired) electrons. The zero-order chi connectivity index (χ0) is 24.7. The highest BCUT2D eigenvalue weighted by Crippen LogP contribution is 2.39. The maximum atomic E-state index is 14.9. The van der Waals surface area contributed by atoms with Crippen LogP contribution in [0.25, 0.3) is 22.1 Å². The van der Waals surface area contributed by atoms with E-state index in [2.05, 4.69) is 14.5 Å². The summed E-state index contributed by atoms with van der Waals surface area (Å²) in [6.07, 6.45) is 1.12. The molecule has 0 atom stereocenters. The van der Waals surface area contributed by atoms with E-state index in [9.17, 15) is 17.2 Å². The number of hydrogen-bond acceptors (Lipinski definition) is 9. The van der Waals surface area contributed by atoms with Gasteiger partial charge in [0.2, 0.25) is 10.9 Å². The summed E-state index contributed by atoms with van der Waals surface area (Å²) in [5.74, 6) is -3.34. The summed E-state index contributed by atoms with van der Waals surface area (Å²) in [6.45, 7) is 0. The topological polar surface area (TPSA) is 133 Å². The molecule has 178 valence electrons. The van der Waals surface area contributed by atoms with Gasteiger partial charge in [-0.15, -0.1) is 0 Å². The molecule has 0 aliphatic rings. The van der Waals surface area contributed by atoms with Crippen molar-refractivity contribution in [2.24, 2.45) is 0 Å². The van der Waals surface area contributed by atoms with Gasteiger partial charge >= 0.3 is 0 Å². The van der Waals surface area contributed by atoms with Gasteiger partial charge in [-0.05, 0) is 48.0 Å². The van der Waals surface area contributed by atoms with Crippen molar-refractivity contribution >= 4 is 55.1 Å². The molecule has 0 saturated heterocycles. The van der Waals surface area contributed by atoms with Crippen LogP contribution in [0, 0.1) is 11.6 Å². The molecule has 0 saturated carbocycles. The Kier molecular flexibility index (Phi) is 5.75. The molecule has 9 nitrogen and oxygen atoms in total. The van der Waals surface area contributed by atoms with E-state index < -0.39 is 32.3 Å². The van der Waals surface area contributed by atoms with Crippen LogP contribution in [-0.4, -0.2) is 22.9 Å². The first-order valence-corrected chi connectivity index (χ1v) is 12.3. The molecule has 0 aliphatic heterocycles. The van der Waals surface area contributed by atoms with Crippen molar-refractivity contribution in [2.45, 2.75) is 4.90 Å². The van der Waals surface area contributed by atoms with Gasteiger partial charge in [-0.3, -0.25) is 4.72 Å². The minimum absolute atomic E-state index is 0.0960. The summed E-state index contributed by atoms with van der Waals surface area (Å²) < 4.78 is 71.1. The van der Waals surface area contributed by atoms with Gasteiger partial charge in [-0.1, -0.05) is 22.8 Å². The monoisotopic (exact) mass is 535 g/mol. The van der Waals surface area contributed by atoms with Crippen LogP contribution in [0.5, 0.6) is 11.5 Å². The number of ether oxygens (including phenoxy) is 1. The lowest BCUT2D eigenvalue weighted by molar-refractivity contribution is 0.409. The maximum Gasteiger partial charge on any atom is 0.266 e. The van der Waals surface area contributed by atoms with Gasteiger partial charge in [0.25, 0.3) is 10.0 Å². The van der Waals surface area contributed by atoms with Crippen molar-refractivity contribution in [1.29, 1.82) is 0 Å². The predicted molar refractivity (Wildman–Crippen MR) is 126 cm³/mol. The van der Waals surface area contributed by atoms with Crippen LogP contribution in [0.2, 0.25) is 5.02 Å². The molecule has 3 aromatic carbocycles.